The maximum Gasteiger partial charge on any atom is 0.334 e. The normalized spacial score (nSPS) is 19.2. The molecule has 0 spiro atoms. The van der Waals surface area contributed by atoms with Crippen LogP contribution in [0.15, 0.2) is 104 Å². The first-order valence-electron chi connectivity index (χ1n) is 14.0. The second-order valence-electron chi connectivity index (χ2n) is 10.3. The number of rotatable bonds is 9. The van der Waals surface area contributed by atoms with E-state index in [-0.39, 0.29) is 43.1 Å². The number of aromatic hydroxyl groups is 1. The molecule has 0 bridgehead atoms. The minimum atomic E-state index is -0.818. The average molecular weight is 566 g/mol. The number of benzene rings is 3. The molecule has 9 nitrogen and oxygen atoms in total. The second-order valence-corrected chi connectivity index (χ2v) is 10.3. The summed E-state index contributed by atoms with van der Waals surface area (Å²) in [6, 6.07) is 24.8. The van der Waals surface area contributed by atoms with E-state index < -0.39 is 12.2 Å². The van der Waals surface area contributed by atoms with Gasteiger partial charge in [-0.05, 0) is 28.8 Å². The summed E-state index contributed by atoms with van der Waals surface area (Å²) in [5, 5.41) is 16.0. The van der Waals surface area contributed by atoms with Gasteiger partial charge >= 0.3 is 6.03 Å². The molecule has 2 aliphatic rings. The maximum absolute atomic E-state index is 13.9. The van der Waals surface area contributed by atoms with Gasteiger partial charge in [-0.2, -0.15) is 0 Å². The van der Waals surface area contributed by atoms with E-state index in [0.29, 0.717) is 19.6 Å². The van der Waals surface area contributed by atoms with Crippen LogP contribution in [0.2, 0.25) is 0 Å². The number of nitrogens with zero attached hydrogens (tertiary/aromatic N) is 4. The zero-order chi connectivity index (χ0) is 29.5. The molecule has 4 amide bonds. The summed E-state index contributed by atoms with van der Waals surface area (Å²) in [6.45, 7) is 4.85. The van der Waals surface area contributed by atoms with Gasteiger partial charge in [-0.25, -0.2) is 14.8 Å². The van der Waals surface area contributed by atoms with Gasteiger partial charge in [0.2, 0.25) is 11.8 Å². The summed E-state index contributed by atoms with van der Waals surface area (Å²) in [5.74, 6) is -0.299. The summed E-state index contributed by atoms with van der Waals surface area (Å²) in [7, 11) is 0. The Kier molecular flexibility index (Phi) is 8.99. The lowest BCUT2D eigenvalue weighted by molar-refractivity contribution is -0.188. The van der Waals surface area contributed by atoms with Crippen LogP contribution in [0.1, 0.15) is 16.7 Å². The maximum atomic E-state index is 13.9. The molecule has 0 saturated carbocycles. The lowest BCUT2D eigenvalue weighted by Gasteiger charge is -2.55. The number of urea groups is 1. The number of hydrazine groups is 1. The average Bonchev–Trinajstić information content (AvgIpc) is 3.00. The van der Waals surface area contributed by atoms with Crippen molar-refractivity contribution in [2.24, 2.45) is 0 Å². The van der Waals surface area contributed by atoms with E-state index in [0.717, 1.165) is 16.7 Å². The lowest BCUT2D eigenvalue weighted by atomic mass is 9.98. The Hall–Kier alpha value is -4.89. The number of fused-ring (bicyclic) bond motifs is 1. The van der Waals surface area contributed by atoms with Crippen LogP contribution in [0.4, 0.5) is 4.79 Å². The van der Waals surface area contributed by atoms with Gasteiger partial charge in [0.1, 0.15) is 18.0 Å². The van der Waals surface area contributed by atoms with Crippen molar-refractivity contribution in [3.05, 3.63) is 120 Å². The highest BCUT2D eigenvalue weighted by molar-refractivity contribution is 5.92. The molecule has 3 aromatic rings. The van der Waals surface area contributed by atoms with Crippen molar-refractivity contribution in [1.29, 1.82) is 0 Å². The highest BCUT2D eigenvalue weighted by Gasteiger charge is 2.51. The van der Waals surface area contributed by atoms with Crippen LogP contribution in [-0.4, -0.2) is 81.2 Å². The Morgan fingerprint density at radius 3 is 2.31 bits per heavy atom. The van der Waals surface area contributed by atoms with Gasteiger partial charge in [-0.15, -0.1) is 6.58 Å². The van der Waals surface area contributed by atoms with Crippen LogP contribution in [0.5, 0.6) is 5.75 Å². The molecule has 0 radical (unpaired) electrons. The first-order valence-corrected chi connectivity index (χ1v) is 14.0. The molecule has 2 fully saturated rings. The van der Waals surface area contributed by atoms with Crippen molar-refractivity contribution in [2.75, 3.05) is 26.2 Å². The number of phenolic OH excluding ortho intramolecular Hbond substituents is 1. The van der Waals surface area contributed by atoms with Crippen LogP contribution in [-0.2, 0) is 22.6 Å². The van der Waals surface area contributed by atoms with Crippen molar-refractivity contribution < 1.29 is 19.5 Å². The first kappa shape index (κ1) is 28.6. The SMILES string of the molecule is C=CCN1CC(=O)N2[C@@H](Cc3ccc(O)cc3)C(=O)N(CC=Cc3ccccc3)C[C@@H]2N1C(=O)NCc1ccccc1. The summed E-state index contributed by atoms with van der Waals surface area (Å²) >= 11 is 0. The Labute approximate surface area is 245 Å². The number of piperazine rings is 1. The van der Waals surface area contributed by atoms with Crippen molar-refractivity contribution in [3.63, 3.8) is 0 Å². The second kappa shape index (κ2) is 13.2. The standard InChI is InChI=1S/C33H35N5O4/c1-2-19-36-24-31(40)37-29(21-26-15-17-28(39)18-16-26)32(41)35(20-9-14-25-10-5-3-6-11-25)23-30(37)38(36)33(42)34-22-27-12-7-4-8-13-27/h2-18,29-30,39H,1,19-24H2,(H,34,42)/t29-,30-/m0/s1. The number of hydrogen-bond acceptors (Lipinski definition) is 5. The monoisotopic (exact) mass is 565 g/mol. The molecule has 3 aromatic carbocycles. The Balaban J connectivity index is 1.45. The molecule has 0 aliphatic carbocycles. The van der Waals surface area contributed by atoms with Crippen LogP contribution in [0, 0.1) is 0 Å². The number of amides is 4. The third-order valence-corrected chi connectivity index (χ3v) is 7.47. The molecule has 5 rings (SSSR count). The van der Waals surface area contributed by atoms with Gasteiger partial charge in [0, 0.05) is 26.1 Å². The highest BCUT2D eigenvalue weighted by Crippen LogP contribution is 2.29. The van der Waals surface area contributed by atoms with Gasteiger partial charge in [-0.3, -0.25) is 9.59 Å². The third kappa shape index (κ3) is 6.53. The van der Waals surface area contributed by atoms with E-state index in [1.807, 2.05) is 72.8 Å². The summed E-state index contributed by atoms with van der Waals surface area (Å²) in [6.07, 6.45) is 5.07. The minimum Gasteiger partial charge on any atom is -0.508 e. The number of hydrogen-bond donors (Lipinski definition) is 2. The molecule has 0 unspecified atom stereocenters. The molecule has 216 valence electrons. The van der Waals surface area contributed by atoms with Crippen LogP contribution in [0.3, 0.4) is 0 Å². The largest absolute Gasteiger partial charge is 0.508 e. The Morgan fingerprint density at radius 1 is 0.929 bits per heavy atom. The quantitative estimate of drug-likeness (QED) is 0.387. The molecular formula is C33H35N5O4. The highest BCUT2D eigenvalue weighted by atomic mass is 16.3. The summed E-state index contributed by atoms with van der Waals surface area (Å²) < 4.78 is 0. The molecule has 2 saturated heterocycles. The van der Waals surface area contributed by atoms with Gasteiger partial charge in [0.15, 0.2) is 0 Å². The molecule has 2 heterocycles. The fourth-order valence-electron chi connectivity index (χ4n) is 5.46. The van der Waals surface area contributed by atoms with Crippen LogP contribution in [0.25, 0.3) is 6.08 Å². The van der Waals surface area contributed by atoms with Gasteiger partial charge in [0.05, 0.1) is 13.1 Å². The molecule has 42 heavy (non-hydrogen) atoms. The Morgan fingerprint density at radius 2 is 1.62 bits per heavy atom. The predicted octanol–water partition coefficient (Wildman–Crippen LogP) is 3.64. The van der Waals surface area contributed by atoms with Crippen molar-refractivity contribution in [1.82, 2.24) is 25.1 Å². The molecule has 2 N–H and O–H groups in total. The van der Waals surface area contributed by atoms with E-state index in [4.69, 9.17) is 0 Å². The number of carbonyl (C=O) groups is 3. The number of phenols is 1. The first-order chi connectivity index (χ1) is 20.4. The fraction of sp³-hybridized carbons (Fsp3) is 0.242. The molecule has 9 heteroatoms. The lowest BCUT2D eigenvalue weighted by Crippen LogP contribution is -2.76. The zero-order valence-electron chi connectivity index (χ0n) is 23.4. The van der Waals surface area contributed by atoms with Crippen molar-refractivity contribution >= 4 is 23.9 Å². The third-order valence-electron chi connectivity index (χ3n) is 7.47. The smallest absolute Gasteiger partial charge is 0.334 e. The van der Waals surface area contributed by atoms with Gasteiger partial charge in [-0.1, -0.05) is 91.0 Å². The van der Waals surface area contributed by atoms with E-state index in [1.54, 1.807) is 50.2 Å². The van der Waals surface area contributed by atoms with Crippen LogP contribution < -0.4 is 5.32 Å². The number of nitrogens with one attached hydrogen (secondary N) is 1. The topological polar surface area (TPSA) is 96.4 Å². The molecule has 0 aromatic heterocycles. The number of carbonyl (C=O) groups excluding carboxylic acids is 3. The summed E-state index contributed by atoms with van der Waals surface area (Å²) in [5.41, 5.74) is 2.76. The van der Waals surface area contributed by atoms with E-state index >= 15 is 0 Å². The summed E-state index contributed by atoms with van der Waals surface area (Å²) in [4.78, 5) is 44.6. The van der Waals surface area contributed by atoms with E-state index in [9.17, 15) is 19.5 Å². The van der Waals surface area contributed by atoms with E-state index in [1.165, 1.54) is 0 Å². The molecule has 2 atom stereocenters. The molecule has 2 aliphatic heterocycles. The fourth-order valence-corrected chi connectivity index (χ4v) is 5.46. The van der Waals surface area contributed by atoms with Gasteiger partial charge < -0.3 is 20.2 Å². The molecular weight excluding hydrogens is 530 g/mol. The van der Waals surface area contributed by atoms with Gasteiger partial charge in [0.25, 0.3) is 0 Å². The zero-order valence-corrected chi connectivity index (χ0v) is 23.4. The van der Waals surface area contributed by atoms with Crippen molar-refractivity contribution in [2.45, 2.75) is 25.2 Å². The van der Waals surface area contributed by atoms with E-state index in [2.05, 4.69) is 11.9 Å². The minimum absolute atomic E-state index is 0.0610. The predicted molar refractivity (Wildman–Crippen MR) is 161 cm³/mol. The van der Waals surface area contributed by atoms with Crippen LogP contribution >= 0.6 is 0 Å². The van der Waals surface area contributed by atoms with Crippen molar-refractivity contribution in [3.8, 4) is 5.75 Å². The Bertz CT molecular complexity index is 1430.